The van der Waals surface area contributed by atoms with Gasteiger partial charge in [-0.05, 0) is 35.4 Å². The number of hydrogen-bond acceptors (Lipinski definition) is 4. The van der Waals surface area contributed by atoms with Crippen molar-refractivity contribution >= 4 is 28.3 Å². The van der Waals surface area contributed by atoms with E-state index >= 15 is 0 Å². The maximum Gasteiger partial charge on any atom is 0.320 e. The van der Waals surface area contributed by atoms with Gasteiger partial charge in [0.25, 0.3) is 0 Å². The largest absolute Gasteiger partial charge is 0.504 e. The zero-order valence-electron chi connectivity index (χ0n) is 16.7. The number of H-pyrrole nitrogens is 1. The summed E-state index contributed by atoms with van der Waals surface area (Å²) < 4.78 is 5.29. The summed E-state index contributed by atoms with van der Waals surface area (Å²) in [6, 6.07) is 21.6. The van der Waals surface area contributed by atoms with Crippen molar-refractivity contribution in [1.82, 2.24) is 20.6 Å². The number of nitrogens with zero attached hydrogens (tertiary/aromatic N) is 1. The van der Waals surface area contributed by atoms with Crippen LogP contribution < -0.4 is 15.4 Å². The molecule has 2 heterocycles. The number of aromatic hydroxyl groups is 1. The lowest BCUT2D eigenvalue weighted by Crippen LogP contribution is -2.43. The second-order valence-corrected chi connectivity index (χ2v) is 7.22. The van der Waals surface area contributed by atoms with Gasteiger partial charge in [0.2, 0.25) is 0 Å². The Morgan fingerprint density at radius 1 is 1.00 bits per heavy atom. The molecule has 1 aromatic heterocycles. The van der Waals surface area contributed by atoms with Crippen LogP contribution in [0.2, 0.25) is 0 Å². The highest BCUT2D eigenvalue weighted by atomic mass is 16.5. The molecule has 1 aliphatic rings. The van der Waals surface area contributed by atoms with Gasteiger partial charge in [-0.25, -0.2) is 9.78 Å². The van der Waals surface area contributed by atoms with Crippen LogP contribution >= 0.6 is 0 Å². The van der Waals surface area contributed by atoms with E-state index in [-0.39, 0.29) is 11.8 Å². The number of nitrogens with one attached hydrogen (secondary N) is 3. The fourth-order valence-electron chi connectivity index (χ4n) is 3.86. The second kappa shape index (κ2) is 7.53. The molecule has 0 saturated heterocycles. The molecule has 0 saturated carbocycles. The first-order valence-electron chi connectivity index (χ1n) is 9.83. The first-order chi connectivity index (χ1) is 15.1. The Morgan fingerprint density at radius 3 is 2.55 bits per heavy atom. The number of aromatic amines is 1. The number of phenolic OH excluding ortho intramolecular Hbond substituents is 1. The van der Waals surface area contributed by atoms with Gasteiger partial charge in [-0.15, -0.1) is 0 Å². The van der Waals surface area contributed by atoms with Gasteiger partial charge >= 0.3 is 6.03 Å². The monoisotopic (exact) mass is 412 g/mol. The van der Waals surface area contributed by atoms with E-state index in [2.05, 4.69) is 15.6 Å². The van der Waals surface area contributed by atoms with Gasteiger partial charge in [0.15, 0.2) is 11.5 Å². The molecule has 154 valence electrons. The summed E-state index contributed by atoms with van der Waals surface area (Å²) in [6.07, 6.45) is 0. The summed E-state index contributed by atoms with van der Waals surface area (Å²) in [6.45, 7) is 0. The van der Waals surface area contributed by atoms with Crippen LogP contribution in [0.25, 0.3) is 22.3 Å². The second-order valence-electron chi connectivity index (χ2n) is 7.22. The Balaban J connectivity index is 1.76. The summed E-state index contributed by atoms with van der Waals surface area (Å²) >= 11 is 0. The number of aromatic nitrogens is 2. The molecule has 4 N–H and O–H groups in total. The minimum Gasteiger partial charge on any atom is -0.504 e. The van der Waals surface area contributed by atoms with Gasteiger partial charge in [0.1, 0.15) is 5.82 Å². The molecule has 7 nitrogen and oxygen atoms in total. The van der Waals surface area contributed by atoms with E-state index in [0.717, 1.165) is 27.7 Å². The highest BCUT2D eigenvalue weighted by Crippen LogP contribution is 2.39. The lowest BCUT2D eigenvalue weighted by Gasteiger charge is -2.30. The number of carbonyl (C=O) groups is 1. The number of imidazole rings is 1. The van der Waals surface area contributed by atoms with Crippen LogP contribution in [-0.4, -0.2) is 28.2 Å². The quantitative estimate of drug-likeness (QED) is 0.404. The van der Waals surface area contributed by atoms with E-state index in [1.807, 2.05) is 54.6 Å². The topological polar surface area (TPSA) is 99.3 Å². The smallest absolute Gasteiger partial charge is 0.320 e. The van der Waals surface area contributed by atoms with E-state index in [1.54, 1.807) is 18.2 Å². The van der Waals surface area contributed by atoms with Crippen LogP contribution in [0.15, 0.2) is 72.8 Å². The van der Waals surface area contributed by atoms with E-state index in [1.165, 1.54) is 7.11 Å². The van der Waals surface area contributed by atoms with Gasteiger partial charge in [-0.2, -0.15) is 0 Å². The van der Waals surface area contributed by atoms with Crippen LogP contribution in [-0.2, 0) is 0 Å². The molecule has 2 amide bonds. The van der Waals surface area contributed by atoms with E-state index in [0.29, 0.717) is 17.3 Å². The molecule has 0 fully saturated rings. The number of para-hydroxylation sites is 2. The van der Waals surface area contributed by atoms with Crippen molar-refractivity contribution in [3.8, 4) is 11.5 Å². The predicted octanol–water partition coefficient (Wildman–Crippen LogP) is 4.20. The molecule has 4 aromatic rings. The number of rotatable bonds is 4. The van der Waals surface area contributed by atoms with Crippen molar-refractivity contribution in [1.29, 1.82) is 0 Å². The predicted molar refractivity (Wildman–Crippen MR) is 118 cm³/mol. The SMILES string of the molecule is COc1cc([C@@H]2NC(=O)NC(c3ccccc3)=C2c2nc3ccccc3[nH]2)ccc1O. The molecular formula is C24H20N4O3. The van der Waals surface area contributed by atoms with E-state index in [9.17, 15) is 9.90 Å². The zero-order valence-corrected chi connectivity index (χ0v) is 16.7. The van der Waals surface area contributed by atoms with E-state index < -0.39 is 6.04 Å². The Morgan fingerprint density at radius 2 is 1.77 bits per heavy atom. The van der Waals surface area contributed by atoms with Gasteiger partial charge in [0.05, 0.1) is 29.9 Å². The molecule has 3 aromatic carbocycles. The third kappa shape index (κ3) is 3.36. The van der Waals surface area contributed by atoms with Crippen LogP contribution in [0.5, 0.6) is 11.5 Å². The maximum absolute atomic E-state index is 12.6. The molecule has 1 atom stereocenters. The first-order valence-corrected chi connectivity index (χ1v) is 9.83. The van der Waals surface area contributed by atoms with Crippen molar-refractivity contribution in [3.63, 3.8) is 0 Å². The molecule has 0 aliphatic carbocycles. The number of hydrogen-bond donors (Lipinski definition) is 4. The zero-order chi connectivity index (χ0) is 21.4. The molecular weight excluding hydrogens is 392 g/mol. The van der Waals surface area contributed by atoms with Crippen LogP contribution in [0, 0.1) is 0 Å². The average molecular weight is 412 g/mol. The Labute approximate surface area is 178 Å². The number of amides is 2. The first kappa shape index (κ1) is 18.7. The lowest BCUT2D eigenvalue weighted by atomic mass is 9.92. The highest BCUT2D eigenvalue weighted by Gasteiger charge is 2.32. The number of methoxy groups -OCH3 is 1. The summed E-state index contributed by atoms with van der Waals surface area (Å²) in [4.78, 5) is 20.8. The molecule has 0 spiro atoms. The molecule has 1 aliphatic heterocycles. The minimum absolute atomic E-state index is 0.0315. The maximum atomic E-state index is 12.6. The third-order valence-corrected chi connectivity index (χ3v) is 5.32. The highest BCUT2D eigenvalue weighted by molar-refractivity contribution is 6.02. The van der Waals surface area contributed by atoms with Gasteiger partial charge in [-0.1, -0.05) is 48.5 Å². The van der Waals surface area contributed by atoms with Crippen molar-refractivity contribution in [2.45, 2.75) is 6.04 Å². The van der Waals surface area contributed by atoms with Crippen LogP contribution in [0.1, 0.15) is 23.0 Å². The molecule has 0 bridgehead atoms. The van der Waals surface area contributed by atoms with Crippen LogP contribution in [0.4, 0.5) is 4.79 Å². The number of ether oxygens (including phenoxy) is 1. The Kier molecular flexibility index (Phi) is 4.55. The summed E-state index contributed by atoms with van der Waals surface area (Å²) in [5.41, 5.74) is 4.81. The molecule has 5 rings (SSSR count). The van der Waals surface area contributed by atoms with E-state index in [4.69, 9.17) is 9.72 Å². The summed E-state index contributed by atoms with van der Waals surface area (Å²) in [5.74, 6) is 1.00. The number of urea groups is 1. The van der Waals surface area contributed by atoms with Crippen molar-refractivity contribution in [2.75, 3.05) is 7.11 Å². The number of fused-ring (bicyclic) bond motifs is 1. The number of benzene rings is 3. The molecule has 0 radical (unpaired) electrons. The van der Waals surface area contributed by atoms with Gasteiger partial charge < -0.3 is 25.5 Å². The molecule has 0 unspecified atom stereocenters. The fraction of sp³-hybridized carbons (Fsp3) is 0.0833. The minimum atomic E-state index is -0.515. The third-order valence-electron chi connectivity index (χ3n) is 5.32. The van der Waals surface area contributed by atoms with Crippen molar-refractivity contribution < 1.29 is 14.6 Å². The van der Waals surface area contributed by atoms with Gasteiger partial charge in [-0.3, -0.25) is 0 Å². The normalized spacial score (nSPS) is 16.2. The lowest BCUT2D eigenvalue weighted by molar-refractivity contribution is 0.242. The van der Waals surface area contributed by atoms with Gasteiger partial charge in [0, 0.05) is 5.57 Å². The molecule has 7 heteroatoms. The van der Waals surface area contributed by atoms with Crippen LogP contribution in [0.3, 0.4) is 0 Å². The Bertz CT molecular complexity index is 1280. The average Bonchev–Trinajstić information content (AvgIpc) is 3.23. The standard InChI is InChI=1S/C24H20N4O3/c1-31-19-13-15(11-12-18(19)29)22-20(23-25-16-9-5-6-10-17(16)26-23)21(27-24(30)28-22)14-7-3-2-4-8-14/h2-13,22,29H,1H3,(H,25,26)(H2,27,28,30)/t22-/m0/s1. The molecule has 31 heavy (non-hydrogen) atoms. The summed E-state index contributed by atoms with van der Waals surface area (Å²) in [5, 5.41) is 16.0. The fourth-order valence-corrected chi connectivity index (χ4v) is 3.86. The Hall–Kier alpha value is -4.26. The van der Waals surface area contributed by atoms with Crippen molar-refractivity contribution in [3.05, 3.63) is 89.7 Å². The van der Waals surface area contributed by atoms with Crippen molar-refractivity contribution in [2.24, 2.45) is 0 Å². The summed E-state index contributed by atoms with van der Waals surface area (Å²) in [7, 11) is 1.49. The number of carbonyl (C=O) groups excluding carboxylic acids is 1. The number of phenols is 1.